The van der Waals surface area contributed by atoms with Crippen LogP contribution in [0.25, 0.3) is 11.0 Å². The lowest BCUT2D eigenvalue weighted by Crippen LogP contribution is -2.34. The number of nitrogens with one attached hydrogen (secondary N) is 1. The summed E-state index contributed by atoms with van der Waals surface area (Å²) in [4.78, 5) is 42.8. The van der Waals surface area contributed by atoms with Crippen LogP contribution in [0.3, 0.4) is 0 Å². The first-order valence-electron chi connectivity index (χ1n) is 9.59. The zero-order valence-corrected chi connectivity index (χ0v) is 16.0. The number of hydrogen-bond acceptors (Lipinski definition) is 5. The van der Waals surface area contributed by atoms with E-state index in [9.17, 15) is 14.4 Å². The van der Waals surface area contributed by atoms with Crippen molar-refractivity contribution in [3.05, 3.63) is 30.6 Å². The Morgan fingerprint density at radius 2 is 1.86 bits per heavy atom. The van der Waals surface area contributed by atoms with Gasteiger partial charge >= 0.3 is 0 Å². The molecule has 1 aliphatic carbocycles. The van der Waals surface area contributed by atoms with Gasteiger partial charge in [-0.15, -0.1) is 0 Å². The molecule has 8 heteroatoms. The molecule has 1 N–H and O–H groups in total. The molecule has 8 nitrogen and oxygen atoms in total. The highest BCUT2D eigenvalue weighted by Crippen LogP contribution is 2.35. The summed E-state index contributed by atoms with van der Waals surface area (Å²) in [5, 5.41) is 7.94. The highest BCUT2D eigenvalue weighted by atomic mass is 16.2. The van der Waals surface area contributed by atoms with Gasteiger partial charge in [0.25, 0.3) is 0 Å². The molecule has 1 saturated heterocycles. The quantitative estimate of drug-likeness (QED) is 0.633. The lowest BCUT2D eigenvalue weighted by Gasteiger charge is -2.14. The van der Waals surface area contributed by atoms with Crippen molar-refractivity contribution in [2.24, 2.45) is 11.8 Å². The van der Waals surface area contributed by atoms with E-state index in [1.807, 2.05) is 36.7 Å². The zero-order chi connectivity index (χ0) is 19.8. The van der Waals surface area contributed by atoms with Crippen LogP contribution in [0.5, 0.6) is 0 Å². The van der Waals surface area contributed by atoms with E-state index in [0.29, 0.717) is 18.5 Å². The first kappa shape index (κ1) is 18.3. The van der Waals surface area contributed by atoms with Crippen molar-refractivity contribution in [1.82, 2.24) is 19.7 Å². The summed E-state index contributed by atoms with van der Waals surface area (Å²) in [7, 11) is 0. The molecule has 4 rings (SSSR count). The van der Waals surface area contributed by atoms with Crippen LogP contribution in [-0.2, 0) is 14.4 Å². The summed E-state index contributed by atoms with van der Waals surface area (Å²) in [5.74, 6) is -1.09. The number of amides is 3. The smallest absolute Gasteiger partial charge is 0.233 e. The number of pyridine rings is 1. The number of rotatable bonds is 5. The topological polar surface area (TPSA) is 97.2 Å². The Morgan fingerprint density at radius 3 is 2.50 bits per heavy atom. The molecule has 1 aliphatic heterocycles. The van der Waals surface area contributed by atoms with Crippen molar-refractivity contribution in [2.45, 2.75) is 39.2 Å². The Morgan fingerprint density at radius 1 is 1.18 bits per heavy atom. The molecule has 3 heterocycles. The van der Waals surface area contributed by atoms with Gasteiger partial charge in [0.15, 0.2) is 5.65 Å². The average molecular weight is 381 g/mol. The van der Waals surface area contributed by atoms with Crippen LogP contribution in [0, 0.1) is 11.8 Å². The standard InChI is InChI=1S/C20H23N5O3/c1-12(2)25-18-13(10-22-25)9-14(11-21-18)23-17(26)7-8-24-19(27)15-5-3-4-6-16(15)20(24)28/h3-4,9-12,15-16H,5-8H2,1-2H3,(H,23,26)/t15-,16-/m0/s1. The maximum Gasteiger partial charge on any atom is 0.233 e. The Labute approximate surface area is 162 Å². The van der Waals surface area contributed by atoms with E-state index in [1.165, 1.54) is 4.90 Å². The van der Waals surface area contributed by atoms with E-state index in [-0.39, 0.29) is 48.6 Å². The zero-order valence-electron chi connectivity index (χ0n) is 16.0. The maximum absolute atomic E-state index is 12.4. The third kappa shape index (κ3) is 3.19. The van der Waals surface area contributed by atoms with Gasteiger partial charge in [-0.3, -0.25) is 19.3 Å². The van der Waals surface area contributed by atoms with Crippen molar-refractivity contribution < 1.29 is 14.4 Å². The van der Waals surface area contributed by atoms with Crippen molar-refractivity contribution in [3.8, 4) is 0 Å². The molecular weight excluding hydrogens is 358 g/mol. The Hall–Kier alpha value is -3.03. The number of carbonyl (C=O) groups is 3. The Balaban J connectivity index is 1.38. The van der Waals surface area contributed by atoms with Gasteiger partial charge in [0.2, 0.25) is 17.7 Å². The van der Waals surface area contributed by atoms with Gasteiger partial charge in [0, 0.05) is 24.4 Å². The molecule has 3 amide bonds. The van der Waals surface area contributed by atoms with E-state index in [4.69, 9.17) is 0 Å². The van der Waals surface area contributed by atoms with Gasteiger partial charge < -0.3 is 5.32 Å². The number of fused-ring (bicyclic) bond motifs is 2. The highest BCUT2D eigenvalue weighted by molar-refractivity contribution is 6.06. The molecule has 2 aromatic heterocycles. The lowest BCUT2D eigenvalue weighted by atomic mass is 9.85. The van der Waals surface area contributed by atoms with Crippen molar-refractivity contribution in [3.63, 3.8) is 0 Å². The molecular formula is C20H23N5O3. The molecule has 0 saturated carbocycles. The molecule has 0 bridgehead atoms. The number of nitrogens with zero attached hydrogens (tertiary/aromatic N) is 4. The Bertz CT molecular complexity index is 951. The van der Waals surface area contributed by atoms with Gasteiger partial charge in [0.05, 0.1) is 29.9 Å². The van der Waals surface area contributed by atoms with Crippen molar-refractivity contribution >= 4 is 34.4 Å². The van der Waals surface area contributed by atoms with Gasteiger partial charge in [-0.2, -0.15) is 5.10 Å². The fraction of sp³-hybridized carbons (Fsp3) is 0.450. The number of aromatic nitrogens is 3. The van der Waals surface area contributed by atoms with Crippen LogP contribution < -0.4 is 5.32 Å². The molecule has 2 atom stereocenters. The summed E-state index contributed by atoms with van der Waals surface area (Å²) < 4.78 is 1.82. The van der Waals surface area contributed by atoms with Crippen LogP contribution in [0.15, 0.2) is 30.6 Å². The monoisotopic (exact) mass is 381 g/mol. The average Bonchev–Trinajstić information content (AvgIpc) is 3.20. The van der Waals surface area contributed by atoms with Crippen LogP contribution >= 0.6 is 0 Å². The number of imide groups is 1. The Kier molecular flexibility index (Phi) is 4.70. The predicted octanol–water partition coefficient (Wildman–Crippen LogP) is 2.29. The fourth-order valence-corrected chi connectivity index (χ4v) is 3.91. The van der Waals surface area contributed by atoms with E-state index in [1.54, 1.807) is 12.4 Å². The molecule has 2 aliphatic rings. The van der Waals surface area contributed by atoms with Crippen LogP contribution in [0.4, 0.5) is 5.69 Å². The second-order valence-corrected chi connectivity index (χ2v) is 7.60. The number of allylic oxidation sites excluding steroid dienone is 2. The van der Waals surface area contributed by atoms with Gasteiger partial charge in [-0.25, -0.2) is 9.67 Å². The summed E-state index contributed by atoms with van der Waals surface area (Å²) in [6, 6.07) is 2.01. The largest absolute Gasteiger partial charge is 0.325 e. The maximum atomic E-state index is 12.4. The van der Waals surface area contributed by atoms with E-state index >= 15 is 0 Å². The normalized spacial score (nSPS) is 21.6. The summed E-state index contributed by atoms with van der Waals surface area (Å²) >= 11 is 0. The third-order valence-corrected chi connectivity index (χ3v) is 5.37. The van der Waals surface area contributed by atoms with Gasteiger partial charge in [-0.1, -0.05) is 12.2 Å². The second kappa shape index (κ2) is 7.18. The fourth-order valence-electron chi connectivity index (χ4n) is 3.91. The minimum absolute atomic E-state index is 0.0631. The molecule has 146 valence electrons. The first-order valence-corrected chi connectivity index (χ1v) is 9.59. The van der Waals surface area contributed by atoms with Crippen molar-refractivity contribution in [1.29, 1.82) is 0 Å². The number of likely N-dealkylation sites (tertiary alicyclic amines) is 1. The van der Waals surface area contributed by atoms with Crippen molar-refractivity contribution in [2.75, 3.05) is 11.9 Å². The first-order chi connectivity index (χ1) is 13.5. The third-order valence-electron chi connectivity index (χ3n) is 5.37. The lowest BCUT2D eigenvalue weighted by molar-refractivity contribution is -0.140. The minimum atomic E-state index is -0.260. The molecule has 0 aromatic carbocycles. The van der Waals surface area contributed by atoms with E-state index in [0.717, 1.165) is 11.0 Å². The van der Waals surface area contributed by atoms with Crippen LogP contribution in [0.2, 0.25) is 0 Å². The summed E-state index contributed by atoms with van der Waals surface area (Å²) in [6.45, 7) is 4.16. The number of hydrogen-bond donors (Lipinski definition) is 1. The molecule has 2 aromatic rings. The molecule has 0 unspecified atom stereocenters. The molecule has 0 spiro atoms. The van der Waals surface area contributed by atoms with Gasteiger partial charge in [-0.05, 0) is 32.8 Å². The minimum Gasteiger partial charge on any atom is -0.325 e. The second-order valence-electron chi connectivity index (χ2n) is 7.60. The molecule has 1 fully saturated rings. The number of anilines is 1. The van der Waals surface area contributed by atoms with Gasteiger partial charge in [0.1, 0.15) is 0 Å². The van der Waals surface area contributed by atoms with E-state index in [2.05, 4.69) is 15.4 Å². The van der Waals surface area contributed by atoms with E-state index < -0.39 is 0 Å². The van der Waals surface area contributed by atoms with Crippen LogP contribution in [-0.4, -0.2) is 43.9 Å². The summed E-state index contributed by atoms with van der Waals surface area (Å²) in [6.07, 6.45) is 8.48. The predicted molar refractivity (Wildman–Crippen MR) is 103 cm³/mol. The highest BCUT2D eigenvalue weighted by Gasteiger charge is 2.46. The van der Waals surface area contributed by atoms with Crippen LogP contribution in [0.1, 0.15) is 39.2 Å². The summed E-state index contributed by atoms with van der Waals surface area (Å²) in [5.41, 5.74) is 1.33. The molecule has 0 radical (unpaired) electrons. The SMILES string of the molecule is CC(C)n1ncc2cc(NC(=O)CCN3C(=O)[C@H]4CC=CC[C@@H]4C3=O)cnc21. The molecule has 28 heavy (non-hydrogen) atoms. The number of carbonyl (C=O) groups excluding carboxylic acids is 3.